The van der Waals surface area contributed by atoms with Gasteiger partial charge in [-0.25, -0.2) is 4.79 Å². The molecule has 0 saturated carbocycles. The van der Waals surface area contributed by atoms with Crippen molar-refractivity contribution in [1.82, 2.24) is 20.1 Å². The van der Waals surface area contributed by atoms with Crippen molar-refractivity contribution in [2.75, 3.05) is 44.2 Å². The fourth-order valence-corrected chi connectivity index (χ4v) is 7.44. The van der Waals surface area contributed by atoms with Gasteiger partial charge in [0.2, 0.25) is 5.91 Å². The smallest absolute Gasteiger partial charge is 0.353 e. The largest absolute Gasteiger partial charge is 0.477 e. The lowest BCUT2D eigenvalue weighted by Crippen LogP contribution is -2.63. The topological polar surface area (TPSA) is 109 Å². The van der Waals surface area contributed by atoms with E-state index in [1.54, 1.807) is 18.7 Å². The summed E-state index contributed by atoms with van der Waals surface area (Å²) < 4.78 is 0. The second-order valence-corrected chi connectivity index (χ2v) is 11.2. The van der Waals surface area contributed by atoms with Crippen molar-refractivity contribution in [3.63, 3.8) is 0 Å². The first-order chi connectivity index (χ1) is 16.3. The summed E-state index contributed by atoms with van der Waals surface area (Å²) in [6.07, 6.45) is 3.87. The number of aliphatic hydroxyl groups is 1. The van der Waals surface area contributed by atoms with E-state index in [1.807, 2.05) is 19.3 Å². The molecular weight excluding hydrogens is 454 g/mol. The number of amides is 1. The van der Waals surface area contributed by atoms with E-state index in [0.717, 1.165) is 50.6 Å². The highest BCUT2D eigenvalue weighted by Crippen LogP contribution is 2.51. The molecule has 9 nitrogen and oxygen atoms in total. The number of carboxylic acid groups (broad SMARTS) is 1. The Labute approximate surface area is 204 Å². The van der Waals surface area contributed by atoms with Gasteiger partial charge in [0.05, 0.1) is 18.1 Å². The Bertz CT molecular complexity index is 965. The Hall–Kier alpha value is -2.14. The predicted octanol–water partition coefficient (Wildman–Crippen LogP) is 0.821. The van der Waals surface area contributed by atoms with Gasteiger partial charge in [-0.1, -0.05) is 6.92 Å². The van der Waals surface area contributed by atoms with Crippen molar-refractivity contribution < 1.29 is 19.8 Å². The number of pyridine rings is 1. The van der Waals surface area contributed by atoms with Gasteiger partial charge in [-0.15, -0.1) is 11.8 Å². The Morgan fingerprint density at radius 1 is 1.26 bits per heavy atom. The van der Waals surface area contributed by atoms with Gasteiger partial charge in [-0.3, -0.25) is 14.7 Å². The maximum atomic E-state index is 12.5. The van der Waals surface area contributed by atoms with E-state index < -0.39 is 18.0 Å². The molecule has 4 aliphatic rings. The number of aromatic nitrogens is 1. The molecule has 3 saturated heterocycles. The fraction of sp³-hybridized carbons (Fsp3) is 0.625. The van der Waals surface area contributed by atoms with E-state index in [-0.39, 0.29) is 28.8 Å². The number of carbonyl (C=O) groups is 2. The Morgan fingerprint density at radius 2 is 1.97 bits per heavy atom. The number of carbonyl (C=O) groups excluding carboxylic acids is 1. The van der Waals surface area contributed by atoms with E-state index in [2.05, 4.69) is 32.2 Å². The van der Waals surface area contributed by atoms with Crippen LogP contribution in [0.25, 0.3) is 0 Å². The maximum Gasteiger partial charge on any atom is 0.353 e. The average molecular weight is 488 g/mol. The van der Waals surface area contributed by atoms with Gasteiger partial charge in [-0.05, 0) is 25.5 Å². The number of piperazine rings is 1. The lowest BCUT2D eigenvalue weighted by atomic mass is 9.79. The maximum absolute atomic E-state index is 12.5. The standard InChI is InChI=1S/C24H33N5O4S/c1-14-20-19(15(2)30)23(31)29(20)21(24(32)33)22(14)34-18-11-16(26-12-18)13-27-7-9-28(10-8-27)17-3-5-25-6-4-17/h3-6,14-16,18-20,26,30H,7-13H2,1-2H3,(H,32,33)/t14-,15-,16+,18+,19-,20-/m1/s1. The molecule has 34 heavy (non-hydrogen) atoms. The molecule has 0 spiro atoms. The van der Waals surface area contributed by atoms with Gasteiger partial charge in [0.1, 0.15) is 5.70 Å². The van der Waals surface area contributed by atoms with Crippen molar-refractivity contribution in [2.45, 2.75) is 43.7 Å². The van der Waals surface area contributed by atoms with Gasteiger partial charge in [-0.2, -0.15) is 0 Å². The zero-order valence-electron chi connectivity index (χ0n) is 19.6. The molecule has 184 valence electrons. The predicted molar refractivity (Wildman–Crippen MR) is 130 cm³/mol. The van der Waals surface area contributed by atoms with Crippen molar-refractivity contribution in [3.05, 3.63) is 35.1 Å². The van der Waals surface area contributed by atoms with E-state index in [1.165, 1.54) is 10.6 Å². The summed E-state index contributed by atoms with van der Waals surface area (Å²) in [6.45, 7) is 9.44. The molecule has 1 amide bonds. The van der Waals surface area contributed by atoms with Gasteiger partial charge < -0.3 is 25.3 Å². The van der Waals surface area contributed by atoms with Crippen LogP contribution in [0.2, 0.25) is 0 Å². The quantitative estimate of drug-likeness (QED) is 0.482. The molecule has 5 rings (SSSR count). The normalized spacial score (nSPS) is 32.7. The lowest BCUT2D eigenvalue weighted by Gasteiger charge is -2.46. The number of nitrogens with zero attached hydrogens (tertiary/aromatic N) is 4. The number of nitrogens with one attached hydrogen (secondary N) is 1. The third-order valence-corrected chi connectivity index (χ3v) is 9.18. The van der Waals surface area contributed by atoms with Crippen LogP contribution >= 0.6 is 11.8 Å². The average Bonchev–Trinajstić information content (AvgIpc) is 3.35. The first-order valence-electron chi connectivity index (χ1n) is 12.1. The van der Waals surface area contributed by atoms with E-state index in [0.29, 0.717) is 6.04 Å². The number of rotatable bonds is 7. The monoisotopic (exact) mass is 487 g/mol. The number of anilines is 1. The third kappa shape index (κ3) is 4.21. The van der Waals surface area contributed by atoms with Crippen molar-refractivity contribution in [1.29, 1.82) is 0 Å². The number of aliphatic carboxylic acids is 1. The molecule has 0 aromatic carbocycles. The van der Waals surface area contributed by atoms with Crippen molar-refractivity contribution >= 4 is 29.3 Å². The van der Waals surface area contributed by atoms with Gasteiger partial charge in [0.25, 0.3) is 0 Å². The summed E-state index contributed by atoms with van der Waals surface area (Å²) in [6, 6.07) is 4.24. The molecule has 1 aromatic heterocycles. The first-order valence-corrected chi connectivity index (χ1v) is 13.0. The second-order valence-electron chi connectivity index (χ2n) is 9.85. The highest BCUT2D eigenvalue weighted by atomic mass is 32.2. The van der Waals surface area contributed by atoms with Crippen LogP contribution in [-0.4, -0.2) is 99.6 Å². The minimum atomic E-state index is -1.05. The second kappa shape index (κ2) is 9.49. The van der Waals surface area contributed by atoms with E-state index in [9.17, 15) is 19.8 Å². The number of hydrogen-bond acceptors (Lipinski definition) is 8. The highest BCUT2D eigenvalue weighted by molar-refractivity contribution is 8.03. The van der Waals surface area contributed by atoms with Crippen LogP contribution in [0.3, 0.4) is 0 Å². The molecule has 6 atom stereocenters. The van der Waals surface area contributed by atoms with Crippen LogP contribution < -0.4 is 10.2 Å². The Balaban J connectivity index is 1.16. The van der Waals surface area contributed by atoms with E-state index in [4.69, 9.17) is 0 Å². The molecular formula is C24H33N5O4S. The molecule has 0 aliphatic carbocycles. The number of carboxylic acids is 1. The summed E-state index contributed by atoms with van der Waals surface area (Å²) in [5, 5.41) is 23.8. The van der Waals surface area contributed by atoms with Crippen LogP contribution in [0.5, 0.6) is 0 Å². The van der Waals surface area contributed by atoms with Crippen LogP contribution in [-0.2, 0) is 9.59 Å². The summed E-state index contributed by atoms with van der Waals surface area (Å²) in [5.41, 5.74) is 1.35. The summed E-state index contributed by atoms with van der Waals surface area (Å²) in [7, 11) is 0. The number of thioether (sulfide) groups is 1. The van der Waals surface area contributed by atoms with Gasteiger partial charge >= 0.3 is 5.97 Å². The van der Waals surface area contributed by atoms with Crippen LogP contribution in [0, 0.1) is 11.8 Å². The minimum absolute atomic E-state index is 0.0753. The third-order valence-electron chi connectivity index (χ3n) is 7.67. The Kier molecular flexibility index (Phi) is 6.58. The lowest BCUT2D eigenvalue weighted by molar-refractivity contribution is -0.163. The zero-order chi connectivity index (χ0) is 24.0. The number of aliphatic hydroxyl groups excluding tert-OH is 1. The van der Waals surface area contributed by atoms with Crippen LogP contribution in [0.4, 0.5) is 5.69 Å². The molecule has 0 bridgehead atoms. The molecule has 4 aliphatic heterocycles. The summed E-state index contributed by atoms with van der Waals surface area (Å²) in [4.78, 5) is 35.8. The number of hydrogen-bond donors (Lipinski definition) is 3. The molecule has 3 fully saturated rings. The SMILES string of the molecule is C[C@@H](O)[C@H]1C(=O)N2C(C(=O)O)=C(S[C@@H]3CN[C@H](CN4CCN(c5ccncc5)CC4)C3)[C@H](C)[C@H]12. The van der Waals surface area contributed by atoms with Crippen molar-refractivity contribution in [2.24, 2.45) is 11.8 Å². The Morgan fingerprint density at radius 3 is 2.62 bits per heavy atom. The molecule has 0 radical (unpaired) electrons. The molecule has 0 unspecified atom stereocenters. The van der Waals surface area contributed by atoms with Crippen LogP contribution in [0.1, 0.15) is 20.3 Å². The molecule has 3 N–H and O–H groups in total. The zero-order valence-corrected chi connectivity index (χ0v) is 20.4. The summed E-state index contributed by atoms with van der Waals surface area (Å²) >= 11 is 1.61. The van der Waals surface area contributed by atoms with Crippen LogP contribution in [0.15, 0.2) is 35.1 Å². The van der Waals surface area contributed by atoms with E-state index >= 15 is 0 Å². The first kappa shape index (κ1) is 23.6. The molecule has 5 heterocycles. The van der Waals surface area contributed by atoms with Gasteiger partial charge in [0, 0.05) is 79.5 Å². The minimum Gasteiger partial charge on any atom is -0.477 e. The number of β-lactam (4-membered cyclic amide) rings is 1. The van der Waals surface area contributed by atoms with Gasteiger partial charge in [0.15, 0.2) is 0 Å². The van der Waals surface area contributed by atoms with Crippen molar-refractivity contribution in [3.8, 4) is 0 Å². The molecule has 10 heteroatoms. The fourth-order valence-electron chi connectivity index (χ4n) is 5.92. The molecule has 1 aromatic rings. The summed E-state index contributed by atoms with van der Waals surface area (Å²) in [5.74, 6) is -1.91. The number of fused-ring (bicyclic) bond motifs is 1. The highest BCUT2D eigenvalue weighted by Gasteiger charge is 2.60.